The molecule has 1 saturated heterocycles. The molecule has 4 nitrogen and oxygen atoms in total. The van der Waals surface area contributed by atoms with Gasteiger partial charge in [-0.15, -0.1) is 0 Å². The van der Waals surface area contributed by atoms with E-state index in [9.17, 15) is 5.11 Å². The first-order valence-electron chi connectivity index (χ1n) is 8.86. The molecular weight excluding hydrogens is 264 g/mol. The van der Waals surface area contributed by atoms with E-state index < -0.39 is 0 Å². The number of methoxy groups -OCH3 is 1. The van der Waals surface area contributed by atoms with Crippen LogP contribution in [0, 0.1) is 5.92 Å². The lowest BCUT2D eigenvalue weighted by atomic mass is 9.78. The van der Waals surface area contributed by atoms with Crippen molar-refractivity contribution < 1.29 is 9.84 Å². The van der Waals surface area contributed by atoms with Crippen LogP contribution in [-0.4, -0.2) is 61.0 Å². The number of rotatable bonds is 6. The van der Waals surface area contributed by atoms with E-state index in [0.717, 1.165) is 19.4 Å². The zero-order chi connectivity index (χ0) is 14.7. The largest absolute Gasteiger partial charge is 0.394 e. The second kappa shape index (κ2) is 6.95. The second-order valence-electron chi connectivity index (χ2n) is 7.57. The minimum Gasteiger partial charge on any atom is -0.394 e. The minimum atomic E-state index is -0.00170. The normalized spacial score (nSPS) is 38.6. The molecule has 4 heteroatoms. The predicted molar refractivity (Wildman–Crippen MR) is 84.4 cm³/mol. The summed E-state index contributed by atoms with van der Waals surface area (Å²) in [6.07, 6.45) is 10.0. The van der Waals surface area contributed by atoms with Gasteiger partial charge in [0.25, 0.3) is 0 Å². The Balaban J connectivity index is 1.58. The van der Waals surface area contributed by atoms with Crippen LogP contribution in [0.25, 0.3) is 0 Å². The highest BCUT2D eigenvalue weighted by Gasteiger charge is 2.41. The van der Waals surface area contributed by atoms with Crippen LogP contribution in [0.5, 0.6) is 0 Å². The summed E-state index contributed by atoms with van der Waals surface area (Å²) >= 11 is 0. The second-order valence-corrected chi connectivity index (χ2v) is 7.57. The Labute approximate surface area is 129 Å². The smallest absolute Gasteiger partial charge is 0.0613 e. The van der Waals surface area contributed by atoms with Gasteiger partial charge in [-0.3, -0.25) is 4.90 Å². The van der Waals surface area contributed by atoms with Gasteiger partial charge in [0, 0.05) is 31.3 Å². The Hall–Kier alpha value is -0.160. The molecule has 0 amide bonds. The first-order valence-corrected chi connectivity index (χ1v) is 8.86. The summed E-state index contributed by atoms with van der Waals surface area (Å²) in [5.41, 5.74) is -0.00170. The number of nitrogens with one attached hydrogen (secondary N) is 1. The topological polar surface area (TPSA) is 44.7 Å². The van der Waals surface area contributed by atoms with Gasteiger partial charge in [0.1, 0.15) is 0 Å². The van der Waals surface area contributed by atoms with Crippen molar-refractivity contribution in [2.45, 2.75) is 69.0 Å². The van der Waals surface area contributed by atoms with E-state index in [2.05, 4.69) is 10.2 Å². The van der Waals surface area contributed by atoms with E-state index in [1.165, 1.54) is 51.6 Å². The molecule has 3 fully saturated rings. The molecule has 0 aromatic heterocycles. The molecule has 0 radical (unpaired) electrons. The number of hydrogen-bond acceptors (Lipinski definition) is 4. The molecule has 1 aliphatic heterocycles. The lowest BCUT2D eigenvalue weighted by Crippen LogP contribution is -2.57. The monoisotopic (exact) mass is 296 g/mol. The summed E-state index contributed by atoms with van der Waals surface area (Å²) in [6, 6.07) is 1.33. The van der Waals surface area contributed by atoms with Crippen molar-refractivity contribution in [2.24, 2.45) is 5.92 Å². The lowest BCUT2D eigenvalue weighted by Gasteiger charge is -2.46. The SMILES string of the molecule is COCC1CCCN(C2CCCC(CO)(NC3CC3)C2)C1. The molecule has 2 N–H and O–H groups in total. The summed E-state index contributed by atoms with van der Waals surface area (Å²) in [5, 5.41) is 13.7. The van der Waals surface area contributed by atoms with Crippen molar-refractivity contribution in [3.05, 3.63) is 0 Å². The van der Waals surface area contributed by atoms with Crippen molar-refractivity contribution in [2.75, 3.05) is 33.4 Å². The number of piperidine rings is 1. The Morgan fingerprint density at radius 1 is 1.24 bits per heavy atom. The summed E-state index contributed by atoms with van der Waals surface area (Å²) in [4.78, 5) is 2.69. The number of ether oxygens (including phenoxy) is 1. The van der Waals surface area contributed by atoms with Crippen molar-refractivity contribution >= 4 is 0 Å². The van der Waals surface area contributed by atoms with E-state index >= 15 is 0 Å². The molecule has 122 valence electrons. The van der Waals surface area contributed by atoms with Gasteiger partial charge in [-0.05, 0) is 63.8 Å². The van der Waals surface area contributed by atoms with Gasteiger partial charge in [-0.25, -0.2) is 0 Å². The maximum atomic E-state index is 9.97. The van der Waals surface area contributed by atoms with Gasteiger partial charge < -0.3 is 15.2 Å². The molecule has 21 heavy (non-hydrogen) atoms. The van der Waals surface area contributed by atoms with Crippen LogP contribution >= 0.6 is 0 Å². The van der Waals surface area contributed by atoms with Crippen LogP contribution in [0.2, 0.25) is 0 Å². The van der Waals surface area contributed by atoms with Gasteiger partial charge in [-0.1, -0.05) is 0 Å². The maximum Gasteiger partial charge on any atom is 0.0613 e. The van der Waals surface area contributed by atoms with Crippen LogP contribution in [-0.2, 0) is 4.74 Å². The zero-order valence-corrected chi connectivity index (χ0v) is 13.5. The average Bonchev–Trinajstić information content (AvgIpc) is 3.32. The molecule has 3 rings (SSSR count). The van der Waals surface area contributed by atoms with Crippen LogP contribution in [0.4, 0.5) is 0 Å². The number of nitrogens with zero attached hydrogens (tertiary/aromatic N) is 1. The summed E-state index contributed by atoms with van der Waals surface area (Å²) in [7, 11) is 1.82. The van der Waals surface area contributed by atoms with E-state index in [1.807, 2.05) is 7.11 Å². The van der Waals surface area contributed by atoms with E-state index in [-0.39, 0.29) is 5.54 Å². The number of aliphatic hydroxyl groups is 1. The molecule has 3 atom stereocenters. The van der Waals surface area contributed by atoms with E-state index in [4.69, 9.17) is 4.74 Å². The molecule has 2 saturated carbocycles. The highest BCUT2D eigenvalue weighted by atomic mass is 16.5. The fourth-order valence-electron chi connectivity index (χ4n) is 4.42. The fraction of sp³-hybridized carbons (Fsp3) is 1.00. The Morgan fingerprint density at radius 3 is 2.81 bits per heavy atom. The molecule has 3 unspecified atom stereocenters. The Kier molecular flexibility index (Phi) is 5.20. The third-order valence-corrected chi connectivity index (χ3v) is 5.68. The number of hydrogen-bond donors (Lipinski definition) is 2. The minimum absolute atomic E-state index is 0.00170. The number of aliphatic hydroxyl groups excluding tert-OH is 1. The Morgan fingerprint density at radius 2 is 2.10 bits per heavy atom. The number of likely N-dealkylation sites (tertiary alicyclic amines) is 1. The van der Waals surface area contributed by atoms with Gasteiger partial charge in [-0.2, -0.15) is 0 Å². The van der Waals surface area contributed by atoms with Crippen LogP contribution in [0.1, 0.15) is 51.4 Å². The zero-order valence-electron chi connectivity index (χ0n) is 13.5. The van der Waals surface area contributed by atoms with Crippen molar-refractivity contribution in [3.63, 3.8) is 0 Å². The van der Waals surface area contributed by atoms with Crippen LogP contribution in [0.3, 0.4) is 0 Å². The molecule has 2 aliphatic carbocycles. The van der Waals surface area contributed by atoms with E-state index in [0.29, 0.717) is 24.6 Å². The van der Waals surface area contributed by atoms with Crippen molar-refractivity contribution in [1.82, 2.24) is 10.2 Å². The van der Waals surface area contributed by atoms with Crippen LogP contribution in [0.15, 0.2) is 0 Å². The van der Waals surface area contributed by atoms with Gasteiger partial charge in [0.2, 0.25) is 0 Å². The molecule has 0 spiro atoms. The summed E-state index contributed by atoms with van der Waals surface area (Å²) < 4.78 is 5.36. The molecule has 0 bridgehead atoms. The molecule has 0 aromatic carbocycles. The van der Waals surface area contributed by atoms with Crippen molar-refractivity contribution in [3.8, 4) is 0 Å². The third kappa shape index (κ3) is 3.98. The van der Waals surface area contributed by atoms with Crippen molar-refractivity contribution in [1.29, 1.82) is 0 Å². The van der Waals surface area contributed by atoms with Gasteiger partial charge in [0.15, 0.2) is 0 Å². The molecular formula is C17H32N2O2. The summed E-state index contributed by atoms with van der Waals surface area (Å²) in [6.45, 7) is 3.61. The highest BCUT2D eigenvalue weighted by molar-refractivity contribution is 5.01. The first-order chi connectivity index (χ1) is 10.2. The predicted octanol–water partition coefficient (Wildman–Crippen LogP) is 1.77. The Bertz CT molecular complexity index is 333. The van der Waals surface area contributed by atoms with Crippen LogP contribution < -0.4 is 5.32 Å². The summed E-state index contributed by atoms with van der Waals surface area (Å²) in [5.74, 6) is 0.700. The van der Waals surface area contributed by atoms with E-state index in [1.54, 1.807) is 0 Å². The quantitative estimate of drug-likeness (QED) is 0.784. The van der Waals surface area contributed by atoms with Gasteiger partial charge >= 0.3 is 0 Å². The molecule has 1 heterocycles. The molecule has 0 aromatic rings. The third-order valence-electron chi connectivity index (χ3n) is 5.68. The maximum absolute atomic E-state index is 9.97. The van der Waals surface area contributed by atoms with Gasteiger partial charge in [0.05, 0.1) is 13.2 Å². The first kappa shape index (κ1) is 15.7. The molecule has 3 aliphatic rings. The highest BCUT2D eigenvalue weighted by Crippen LogP contribution is 2.35. The average molecular weight is 296 g/mol. The standard InChI is InChI=1S/C17H32N2O2/c1-21-12-14-4-3-9-19(11-14)16-5-2-8-17(10-16,13-20)18-15-6-7-15/h14-16,18,20H,2-13H2,1H3. The lowest BCUT2D eigenvalue weighted by molar-refractivity contribution is 0.0226. The fourth-order valence-corrected chi connectivity index (χ4v) is 4.42.